The molecule has 0 unspecified atom stereocenters. The maximum atomic E-state index is 12.9. The standard InChI is InChI=1S/C9H15Br6O4P/c1-4-7(10,11)17-20(16,18-8(12,13)5-2)19-9(14,15)6-3/h4-6H2,1-3H3. The minimum absolute atomic E-state index is 0.497. The van der Waals surface area contributed by atoms with Gasteiger partial charge in [0.15, 0.2) is 10.3 Å². The molecule has 0 atom stereocenters. The summed E-state index contributed by atoms with van der Waals surface area (Å²) in [6.07, 6.45) is 1.49. The van der Waals surface area contributed by atoms with E-state index >= 15 is 0 Å². The lowest BCUT2D eigenvalue weighted by molar-refractivity contribution is 0.0738. The highest BCUT2D eigenvalue weighted by Crippen LogP contribution is 2.64. The Balaban J connectivity index is 5.29. The van der Waals surface area contributed by atoms with Gasteiger partial charge in [-0.2, -0.15) is 0 Å². The van der Waals surface area contributed by atoms with Gasteiger partial charge in [-0.05, 0) is 115 Å². The molecule has 0 aromatic rings. The van der Waals surface area contributed by atoms with Crippen LogP contribution in [0.5, 0.6) is 0 Å². The van der Waals surface area contributed by atoms with Crippen LogP contribution in [-0.2, 0) is 18.1 Å². The predicted octanol–water partition coefficient (Wildman–Crippen LogP) is 7.71. The molecule has 0 radical (unpaired) electrons. The van der Waals surface area contributed by atoms with Crippen LogP contribution >= 0.6 is 103 Å². The number of hydrogen-bond donors (Lipinski definition) is 0. The SMILES string of the molecule is CCC(Br)(Br)OP(=O)(OC(Br)(Br)CC)OC(Br)(Br)CC. The summed E-state index contributed by atoms with van der Waals surface area (Å²) in [6, 6.07) is 0. The molecule has 0 amide bonds. The molecule has 0 bridgehead atoms. The van der Waals surface area contributed by atoms with Crippen LogP contribution in [0.4, 0.5) is 0 Å². The van der Waals surface area contributed by atoms with E-state index in [0.29, 0.717) is 19.3 Å². The van der Waals surface area contributed by atoms with Gasteiger partial charge in [0.2, 0.25) is 0 Å². The van der Waals surface area contributed by atoms with E-state index in [-0.39, 0.29) is 0 Å². The van der Waals surface area contributed by atoms with E-state index in [1.807, 2.05) is 20.8 Å². The molecule has 20 heavy (non-hydrogen) atoms. The number of rotatable bonds is 9. The second kappa shape index (κ2) is 8.90. The third-order valence-electron chi connectivity index (χ3n) is 1.97. The Hall–Kier alpha value is 2.99. The fourth-order valence-corrected chi connectivity index (χ4v) is 5.41. The van der Waals surface area contributed by atoms with Crippen LogP contribution in [0.15, 0.2) is 0 Å². The first-order valence-electron chi connectivity index (χ1n) is 5.66. The normalized spacial score (nSPS) is 14.7. The lowest BCUT2D eigenvalue weighted by Gasteiger charge is -2.32. The third-order valence-corrected chi connectivity index (χ3v) is 9.41. The summed E-state index contributed by atoms with van der Waals surface area (Å²) in [7, 11) is -3.91. The molecule has 122 valence electrons. The van der Waals surface area contributed by atoms with Crippen LogP contribution < -0.4 is 0 Å². The van der Waals surface area contributed by atoms with E-state index in [2.05, 4.69) is 95.6 Å². The Morgan fingerprint density at radius 3 is 1.05 bits per heavy atom. The van der Waals surface area contributed by atoms with Gasteiger partial charge in [-0.3, -0.25) is 13.6 Å². The van der Waals surface area contributed by atoms with Crippen LogP contribution in [0.2, 0.25) is 0 Å². The van der Waals surface area contributed by atoms with E-state index in [9.17, 15) is 4.57 Å². The summed E-state index contributed by atoms with van der Waals surface area (Å²) in [5.74, 6) is 0. The van der Waals surface area contributed by atoms with Crippen LogP contribution in [-0.4, -0.2) is 10.3 Å². The zero-order valence-corrected chi connectivity index (χ0v) is 21.4. The molecule has 11 heteroatoms. The number of hydrogen-bond acceptors (Lipinski definition) is 4. The smallest absolute Gasteiger partial charge is 0.258 e. The Morgan fingerprint density at radius 2 is 0.900 bits per heavy atom. The monoisotopic (exact) mass is 692 g/mol. The molecule has 0 saturated carbocycles. The van der Waals surface area contributed by atoms with Gasteiger partial charge in [0.1, 0.15) is 0 Å². The van der Waals surface area contributed by atoms with Crippen molar-refractivity contribution in [3.63, 3.8) is 0 Å². The van der Waals surface area contributed by atoms with Gasteiger partial charge in [0.25, 0.3) is 0 Å². The van der Waals surface area contributed by atoms with E-state index in [1.54, 1.807) is 0 Å². The van der Waals surface area contributed by atoms with Crippen molar-refractivity contribution >= 4 is 103 Å². The largest absolute Gasteiger partial charge is 0.481 e. The van der Waals surface area contributed by atoms with Crippen molar-refractivity contribution in [1.29, 1.82) is 0 Å². The maximum Gasteiger partial charge on any atom is 0.481 e. The van der Waals surface area contributed by atoms with E-state index in [0.717, 1.165) is 0 Å². The van der Waals surface area contributed by atoms with E-state index < -0.39 is 18.1 Å². The van der Waals surface area contributed by atoms with Crippen molar-refractivity contribution in [3.05, 3.63) is 0 Å². The van der Waals surface area contributed by atoms with E-state index in [1.165, 1.54) is 0 Å². The molecule has 0 aliphatic carbocycles. The molecule has 0 rings (SSSR count). The average molecular weight is 698 g/mol. The van der Waals surface area contributed by atoms with Crippen molar-refractivity contribution in [2.24, 2.45) is 0 Å². The Labute approximate surface area is 170 Å². The number of phosphoric ester groups is 1. The van der Waals surface area contributed by atoms with Crippen LogP contribution in [0.1, 0.15) is 40.0 Å². The second-order valence-corrected chi connectivity index (χ2v) is 16.0. The molecule has 0 N–H and O–H groups in total. The topological polar surface area (TPSA) is 44.8 Å². The molecule has 0 spiro atoms. The lowest BCUT2D eigenvalue weighted by Crippen LogP contribution is -2.24. The highest BCUT2D eigenvalue weighted by Gasteiger charge is 2.46. The molecule has 0 aromatic heterocycles. The van der Waals surface area contributed by atoms with Crippen molar-refractivity contribution < 1.29 is 18.1 Å². The summed E-state index contributed by atoms with van der Waals surface area (Å²) >= 11 is 19.7. The first-order valence-corrected chi connectivity index (χ1v) is 11.9. The zero-order valence-electron chi connectivity index (χ0n) is 11.0. The molecule has 0 heterocycles. The van der Waals surface area contributed by atoms with Gasteiger partial charge in [0.05, 0.1) is 0 Å². The fourth-order valence-electron chi connectivity index (χ4n) is 0.740. The molecule has 0 aliphatic rings. The highest BCUT2D eigenvalue weighted by molar-refractivity contribution is 9.26. The van der Waals surface area contributed by atoms with Crippen molar-refractivity contribution in [2.75, 3.05) is 0 Å². The molecule has 0 aliphatic heterocycles. The minimum Gasteiger partial charge on any atom is -0.258 e. The number of halogens is 6. The first-order chi connectivity index (χ1) is 8.80. The van der Waals surface area contributed by atoms with Gasteiger partial charge in [0, 0.05) is 0 Å². The van der Waals surface area contributed by atoms with Crippen LogP contribution in [0.25, 0.3) is 0 Å². The van der Waals surface area contributed by atoms with Crippen molar-refractivity contribution in [1.82, 2.24) is 0 Å². The quantitative estimate of drug-likeness (QED) is 0.183. The Bertz CT molecular complexity index is 310. The first kappa shape index (κ1) is 23.0. The van der Waals surface area contributed by atoms with Gasteiger partial charge >= 0.3 is 7.82 Å². The lowest BCUT2D eigenvalue weighted by atomic mass is 10.5. The molecule has 0 fully saturated rings. The molecular formula is C9H15Br6O4P. The average Bonchev–Trinajstić information content (AvgIpc) is 2.26. The summed E-state index contributed by atoms with van der Waals surface area (Å²) in [4.78, 5) is 0. The molecular weight excluding hydrogens is 682 g/mol. The Kier molecular flexibility index (Phi) is 10.2. The van der Waals surface area contributed by atoms with Crippen molar-refractivity contribution in [2.45, 2.75) is 50.3 Å². The van der Waals surface area contributed by atoms with Gasteiger partial charge in [-0.25, -0.2) is 4.57 Å². The van der Waals surface area contributed by atoms with Crippen LogP contribution in [0, 0.1) is 0 Å². The van der Waals surface area contributed by atoms with Gasteiger partial charge in [-0.15, -0.1) is 0 Å². The fraction of sp³-hybridized carbons (Fsp3) is 1.00. The summed E-state index contributed by atoms with van der Waals surface area (Å²) in [6.45, 7) is 5.54. The third kappa shape index (κ3) is 9.33. The second-order valence-electron chi connectivity index (χ2n) is 3.69. The predicted molar refractivity (Wildman–Crippen MR) is 103 cm³/mol. The van der Waals surface area contributed by atoms with Gasteiger partial charge < -0.3 is 0 Å². The zero-order chi connectivity index (χ0) is 16.2. The van der Waals surface area contributed by atoms with Gasteiger partial charge in [-0.1, -0.05) is 20.8 Å². The highest BCUT2D eigenvalue weighted by atomic mass is 79.9. The molecule has 4 nitrogen and oxygen atoms in total. The van der Waals surface area contributed by atoms with Crippen LogP contribution in [0.3, 0.4) is 0 Å². The maximum absolute atomic E-state index is 12.9. The number of alkyl halides is 6. The Morgan fingerprint density at radius 1 is 0.700 bits per heavy atom. The minimum atomic E-state index is -3.91. The summed E-state index contributed by atoms with van der Waals surface area (Å²) < 4.78 is 26.3. The van der Waals surface area contributed by atoms with E-state index in [4.69, 9.17) is 13.6 Å². The summed E-state index contributed by atoms with van der Waals surface area (Å²) in [5, 5.41) is 0. The molecule has 0 aromatic carbocycles. The summed E-state index contributed by atoms with van der Waals surface area (Å²) in [5.41, 5.74) is 0. The molecule has 0 saturated heterocycles. The van der Waals surface area contributed by atoms with Crippen molar-refractivity contribution in [3.8, 4) is 0 Å². The number of phosphoric acid groups is 1.